The van der Waals surface area contributed by atoms with Crippen molar-refractivity contribution in [3.05, 3.63) is 53.5 Å². The van der Waals surface area contributed by atoms with Gasteiger partial charge in [-0.2, -0.15) is 0 Å². The summed E-state index contributed by atoms with van der Waals surface area (Å²) in [5, 5.41) is 33.7. The van der Waals surface area contributed by atoms with Crippen molar-refractivity contribution in [1.29, 1.82) is 0 Å². The first-order chi connectivity index (χ1) is 10.8. The molecule has 0 aliphatic heterocycles. The number of thiazole rings is 1. The average Bonchev–Trinajstić information content (AvgIpc) is 2.89. The number of carbonyl (C=O) groups is 1. The van der Waals surface area contributed by atoms with E-state index >= 15 is 0 Å². The van der Waals surface area contributed by atoms with Crippen LogP contribution in [-0.2, 0) is 6.54 Å². The number of nitro benzene ring substituents is 2. The molecule has 0 atom stereocenters. The molecule has 0 aliphatic rings. The minimum Gasteiger partial charge on any atom is -0.478 e. The van der Waals surface area contributed by atoms with Gasteiger partial charge in [-0.1, -0.05) is 11.6 Å². The molecule has 2 rings (SSSR count). The number of carboxylic acids is 1. The van der Waals surface area contributed by atoms with Crippen LogP contribution in [0.5, 0.6) is 0 Å². The number of hydrogen-bond acceptors (Lipinski definition) is 8. The molecule has 0 unspecified atom stereocenters. The minimum atomic E-state index is -1.50. The second kappa shape index (κ2) is 6.54. The van der Waals surface area contributed by atoms with Crippen molar-refractivity contribution in [2.45, 2.75) is 6.54 Å². The van der Waals surface area contributed by atoms with Gasteiger partial charge < -0.3 is 10.4 Å². The van der Waals surface area contributed by atoms with Crippen molar-refractivity contribution in [1.82, 2.24) is 4.98 Å². The maximum atomic E-state index is 11.1. The van der Waals surface area contributed by atoms with Crippen LogP contribution in [0.15, 0.2) is 18.3 Å². The van der Waals surface area contributed by atoms with Gasteiger partial charge >= 0.3 is 5.97 Å². The molecule has 12 heteroatoms. The molecule has 120 valence electrons. The van der Waals surface area contributed by atoms with E-state index < -0.39 is 32.8 Å². The number of nitrogens with one attached hydrogen (secondary N) is 1. The van der Waals surface area contributed by atoms with Gasteiger partial charge in [0.25, 0.3) is 11.4 Å². The van der Waals surface area contributed by atoms with Gasteiger partial charge in [0.2, 0.25) is 0 Å². The topological polar surface area (TPSA) is 148 Å². The van der Waals surface area contributed by atoms with Crippen LogP contribution in [0.2, 0.25) is 4.47 Å². The van der Waals surface area contributed by atoms with E-state index in [9.17, 15) is 25.0 Å². The Hall–Kier alpha value is -2.79. The summed E-state index contributed by atoms with van der Waals surface area (Å²) in [6.45, 7) is 0.0124. The Labute approximate surface area is 136 Å². The lowest BCUT2D eigenvalue weighted by atomic mass is 10.1. The van der Waals surface area contributed by atoms with E-state index in [4.69, 9.17) is 16.7 Å². The fourth-order valence-corrected chi connectivity index (χ4v) is 2.66. The van der Waals surface area contributed by atoms with E-state index in [1.54, 1.807) is 0 Å². The van der Waals surface area contributed by atoms with Crippen LogP contribution in [0, 0.1) is 20.2 Å². The number of carboxylic acid groups (broad SMARTS) is 1. The van der Waals surface area contributed by atoms with Gasteiger partial charge in [0, 0.05) is 23.2 Å². The predicted molar refractivity (Wildman–Crippen MR) is 81.2 cm³/mol. The number of aromatic carboxylic acids is 1. The van der Waals surface area contributed by atoms with Gasteiger partial charge in [0.05, 0.1) is 22.0 Å². The lowest BCUT2D eigenvalue weighted by Gasteiger charge is -2.07. The molecule has 2 aromatic rings. The summed E-state index contributed by atoms with van der Waals surface area (Å²) in [7, 11) is 0. The zero-order valence-corrected chi connectivity index (χ0v) is 12.6. The van der Waals surface area contributed by atoms with Gasteiger partial charge in [-0.05, 0) is 0 Å². The second-order valence-electron chi connectivity index (χ2n) is 4.14. The highest BCUT2D eigenvalue weighted by molar-refractivity contribution is 7.15. The third kappa shape index (κ3) is 3.70. The van der Waals surface area contributed by atoms with Crippen LogP contribution in [0.25, 0.3) is 0 Å². The molecule has 2 N–H and O–H groups in total. The Bertz CT molecular complexity index is 773. The summed E-state index contributed by atoms with van der Waals surface area (Å²) in [4.78, 5) is 35.8. The molecule has 0 saturated heterocycles. The van der Waals surface area contributed by atoms with Gasteiger partial charge in [0.1, 0.15) is 0 Å². The first-order valence-electron chi connectivity index (χ1n) is 5.83. The Morgan fingerprint density at radius 1 is 1.30 bits per heavy atom. The fraction of sp³-hybridized carbons (Fsp3) is 0.0909. The van der Waals surface area contributed by atoms with Gasteiger partial charge in [0.15, 0.2) is 10.2 Å². The molecule has 10 nitrogen and oxygen atoms in total. The quantitative estimate of drug-likeness (QED) is 0.591. The number of halogens is 1. The fourth-order valence-electron chi connectivity index (χ4n) is 1.75. The van der Waals surface area contributed by atoms with E-state index in [1.165, 1.54) is 6.20 Å². The summed E-state index contributed by atoms with van der Waals surface area (Å²) < 4.78 is 0.257. The molecule has 0 amide bonds. The van der Waals surface area contributed by atoms with Crippen molar-refractivity contribution in [2.75, 3.05) is 5.32 Å². The zero-order valence-electron chi connectivity index (χ0n) is 11.1. The third-order valence-electron chi connectivity index (χ3n) is 2.70. The first-order valence-corrected chi connectivity index (χ1v) is 7.03. The highest BCUT2D eigenvalue weighted by Gasteiger charge is 2.28. The summed E-state index contributed by atoms with van der Waals surface area (Å²) in [5.41, 5.74) is -2.33. The summed E-state index contributed by atoms with van der Waals surface area (Å²) in [5.74, 6) is -1.50. The lowest BCUT2D eigenvalue weighted by molar-refractivity contribution is -0.392. The van der Waals surface area contributed by atoms with Crippen molar-refractivity contribution in [2.24, 2.45) is 0 Å². The molecule has 0 saturated carbocycles. The summed E-state index contributed by atoms with van der Waals surface area (Å²) in [6.07, 6.45) is 1.42. The number of hydrogen-bond donors (Lipinski definition) is 2. The van der Waals surface area contributed by atoms with E-state index in [-0.39, 0.29) is 16.7 Å². The third-order valence-corrected chi connectivity index (χ3v) is 3.82. The molecule has 1 heterocycles. The Morgan fingerprint density at radius 3 is 2.26 bits per heavy atom. The Kier molecular flexibility index (Phi) is 4.71. The van der Waals surface area contributed by atoms with Crippen LogP contribution >= 0.6 is 22.9 Å². The van der Waals surface area contributed by atoms with Crippen molar-refractivity contribution in [3.8, 4) is 0 Å². The number of nitro groups is 2. The molecule has 23 heavy (non-hydrogen) atoms. The van der Waals surface area contributed by atoms with E-state index in [0.717, 1.165) is 23.5 Å². The molecule has 0 radical (unpaired) electrons. The average molecular weight is 359 g/mol. The number of nitrogens with zero attached hydrogens (tertiary/aromatic N) is 3. The van der Waals surface area contributed by atoms with Crippen LogP contribution < -0.4 is 5.32 Å². The molecular formula is C11H7ClN4O6S. The van der Waals surface area contributed by atoms with E-state index in [1.807, 2.05) is 0 Å². The lowest BCUT2D eigenvalue weighted by Crippen LogP contribution is -2.08. The number of anilines is 1. The molecule has 0 bridgehead atoms. The van der Waals surface area contributed by atoms with Crippen molar-refractivity contribution < 1.29 is 19.7 Å². The van der Waals surface area contributed by atoms with E-state index in [0.29, 0.717) is 4.88 Å². The van der Waals surface area contributed by atoms with E-state index in [2.05, 4.69) is 10.3 Å². The van der Waals surface area contributed by atoms with Crippen molar-refractivity contribution in [3.63, 3.8) is 0 Å². The molecular weight excluding hydrogens is 352 g/mol. The molecule has 1 aromatic heterocycles. The van der Waals surface area contributed by atoms with Gasteiger partial charge in [-0.25, -0.2) is 9.78 Å². The number of aromatic nitrogens is 1. The minimum absolute atomic E-state index is 0.0124. The monoisotopic (exact) mass is 358 g/mol. The van der Waals surface area contributed by atoms with Gasteiger partial charge in [-0.3, -0.25) is 20.2 Å². The maximum Gasteiger partial charge on any atom is 0.336 e. The molecule has 0 spiro atoms. The van der Waals surface area contributed by atoms with Crippen LogP contribution in [0.1, 0.15) is 15.2 Å². The van der Waals surface area contributed by atoms with Crippen LogP contribution in [-0.4, -0.2) is 25.9 Å². The molecule has 0 aliphatic carbocycles. The predicted octanol–water partition coefficient (Wildman–Crippen LogP) is 2.92. The largest absolute Gasteiger partial charge is 0.478 e. The number of benzene rings is 1. The van der Waals surface area contributed by atoms with Crippen LogP contribution in [0.3, 0.4) is 0 Å². The van der Waals surface area contributed by atoms with Crippen molar-refractivity contribution >= 4 is 46.0 Å². The maximum absolute atomic E-state index is 11.1. The smallest absolute Gasteiger partial charge is 0.336 e. The first kappa shape index (κ1) is 16.6. The van der Waals surface area contributed by atoms with Crippen LogP contribution in [0.4, 0.5) is 17.1 Å². The highest BCUT2D eigenvalue weighted by Crippen LogP contribution is 2.36. The summed E-state index contributed by atoms with van der Waals surface area (Å²) >= 11 is 6.76. The highest BCUT2D eigenvalue weighted by atomic mass is 35.5. The summed E-state index contributed by atoms with van der Waals surface area (Å²) in [6, 6.07) is 1.52. The van der Waals surface area contributed by atoms with Gasteiger partial charge in [-0.15, -0.1) is 11.3 Å². The zero-order chi connectivity index (χ0) is 17.1. The molecule has 1 aromatic carbocycles. The standard InChI is InChI=1S/C11H7ClN4O6S/c12-11-14-4-6(23-11)3-13-9-7(15(19)20)1-5(10(17)18)2-8(9)16(21)22/h1-2,4,13H,3H2,(H,17,18). The molecule has 0 fully saturated rings. The Morgan fingerprint density at radius 2 is 1.87 bits per heavy atom. The Balaban J connectivity index is 2.48. The normalized spacial score (nSPS) is 10.3. The number of rotatable bonds is 6. The SMILES string of the molecule is O=C(O)c1cc([N+](=O)[O-])c(NCc2cnc(Cl)s2)c([N+](=O)[O-])c1. The second-order valence-corrected chi connectivity index (χ2v) is 5.84.